The predicted octanol–water partition coefficient (Wildman–Crippen LogP) is 1.30. The number of carbonyl (C=O) groups is 1. The minimum Gasteiger partial charge on any atom is -0.345 e. The zero-order chi connectivity index (χ0) is 13.8. The third-order valence-corrected chi connectivity index (χ3v) is 4.81. The number of hydrogen-bond acceptors (Lipinski definition) is 3. The molecule has 110 valence electrons. The van der Waals surface area contributed by atoms with Gasteiger partial charge in [0.15, 0.2) is 0 Å². The van der Waals surface area contributed by atoms with E-state index in [-0.39, 0.29) is 12.0 Å². The van der Waals surface area contributed by atoms with E-state index in [9.17, 15) is 4.79 Å². The summed E-state index contributed by atoms with van der Waals surface area (Å²) < 4.78 is 0. The van der Waals surface area contributed by atoms with Crippen LogP contribution in [0, 0.1) is 11.8 Å². The van der Waals surface area contributed by atoms with Gasteiger partial charge in [-0.3, -0.25) is 4.79 Å². The lowest BCUT2D eigenvalue weighted by molar-refractivity contribution is -0.136. The SMILES string of the molecule is CN1CCC(CN(C)C(=O)C2CCCC(N)C2)CC1. The molecule has 0 radical (unpaired) electrons. The molecule has 19 heavy (non-hydrogen) atoms. The fraction of sp³-hybridized carbons (Fsp3) is 0.933. The van der Waals surface area contributed by atoms with Crippen molar-refractivity contribution in [2.24, 2.45) is 17.6 Å². The topological polar surface area (TPSA) is 49.6 Å². The maximum Gasteiger partial charge on any atom is 0.225 e. The second-order valence-electron chi connectivity index (χ2n) is 6.59. The Morgan fingerprint density at radius 1 is 1.26 bits per heavy atom. The fourth-order valence-electron chi connectivity index (χ4n) is 3.49. The van der Waals surface area contributed by atoms with Crippen molar-refractivity contribution in [2.75, 3.05) is 33.7 Å². The number of carbonyl (C=O) groups excluding carboxylic acids is 1. The molecule has 2 N–H and O–H groups in total. The fourth-order valence-corrected chi connectivity index (χ4v) is 3.49. The van der Waals surface area contributed by atoms with Crippen LogP contribution in [0.1, 0.15) is 38.5 Å². The number of likely N-dealkylation sites (tertiary alicyclic amines) is 1. The first kappa shape index (κ1) is 14.8. The first-order valence-electron chi connectivity index (χ1n) is 7.75. The summed E-state index contributed by atoms with van der Waals surface area (Å²) in [4.78, 5) is 16.8. The Morgan fingerprint density at radius 2 is 1.95 bits per heavy atom. The van der Waals surface area contributed by atoms with Crippen molar-refractivity contribution in [3.8, 4) is 0 Å². The van der Waals surface area contributed by atoms with Crippen LogP contribution in [0.15, 0.2) is 0 Å². The Hall–Kier alpha value is -0.610. The molecule has 1 amide bonds. The molecule has 0 aromatic carbocycles. The first-order valence-corrected chi connectivity index (χ1v) is 7.75. The van der Waals surface area contributed by atoms with E-state index in [2.05, 4.69) is 11.9 Å². The van der Waals surface area contributed by atoms with Crippen molar-refractivity contribution < 1.29 is 4.79 Å². The maximum absolute atomic E-state index is 12.4. The zero-order valence-electron chi connectivity index (χ0n) is 12.5. The molecule has 2 fully saturated rings. The second kappa shape index (κ2) is 6.71. The second-order valence-corrected chi connectivity index (χ2v) is 6.59. The number of piperidine rings is 1. The number of hydrogen-bond donors (Lipinski definition) is 1. The van der Waals surface area contributed by atoms with Gasteiger partial charge < -0.3 is 15.5 Å². The van der Waals surface area contributed by atoms with Gasteiger partial charge in [0, 0.05) is 25.6 Å². The molecule has 2 aliphatic rings. The van der Waals surface area contributed by atoms with E-state index in [1.165, 1.54) is 25.9 Å². The van der Waals surface area contributed by atoms with E-state index in [0.717, 1.165) is 32.2 Å². The van der Waals surface area contributed by atoms with Crippen molar-refractivity contribution in [1.29, 1.82) is 0 Å². The molecule has 4 nitrogen and oxygen atoms in total. The number of amides is 1. The number of nitrogens with two attached hydrogens (primary N) is 1. The highest BCUT2D eigenvalue weighted by Gasteiger charge is 2.29. The molecule has 2 unspecified atom stereocenters. The summed E-state index contributed by atoms with van der Waals surface area (Å²) in [6, 6.07) is 0.236. The van der Waals surface area contributed by atoms with E-state index < -0.39 is 0 Å². The van der Waals surface area contributed by atoms with Crippen LogP contribution in [0.3, 0.4) is 0 Å². The molecule has 1 saturated heterocycles. The molecule has 2 rings (SSSR count). The normalized spacial score (nSPS) is 30.3. The summed E-state index contributed by atoms with van der Waals surface area (Å²) in [7, 11) is 4.15. The molecule has 1 aliphatic heterocycles. The van der Waals surface area contributed by atoms with Gasteiger partial charge in [0.05, 0.1) is 0 Å². The van der Waals surface area contributed by atoms with Crippen molar-refractivity contribution in [3.63, 3.8) is 0 Å². The van der Waals surface area contributed by atoms with E-state index in [0.29, 0.717) is 11.8 Å². The largest absolute Gasteiger partial charge is 0.345 e. The van der Waals surface area contributed by atoms with Crippen LogP contribution < -0.4 is 5.73 Å². The van der Waals surface area contributed by atoms with Crippen LogP contribution in [0.4, 0.5) is 0 Å². The molecule has 0 aromatic rings. The van der Waals surface area contributed by atoms with Crippen molar-refractivity contribution in [3.05, 3.63) is 0 Å². The Kier molecular flexibility index (Phi) is 5.22. The lowest BCUT2D eigenvalue weighted by atomic mass is 9.85. The average molecular weight is 267 g/mol. The molecule has 0 aromatic heterocycles. The lowest BCUT2D eigenvalue weighted by Gasteiger charge is -2.34. The monoisotopic (exact) mass is 267 g/mol. The van der Waals surface area contributed by atoms with Gasteiger partial charge in [0.1, 0.15) is 0 Å². The van der Waals surface area contributed by atoms with Gasteiger partial charge in [-0.05, 0) is 58.2 Å². The quantitative estimate of drug-likeness (QED) is 0.838. The molecule has 4 heteroatoms. The third kappa shape index (κ3) is 4.18. The highest BCUT2D eigenvalue weighted by Crippen LogP contribution is 2.25. The summed E-state index contributed by atoms with van der Waals surface area (Å²) in [5.74, 6) is 1.19. The van der Waals surface area contributed by atoms with Gasteiger partial charge in [0.25, 0.3) is 0 Å². The van der Waals surface area contributed by atoms with Crippen molar-refractivity contribution in [2.45, 2.75) is 44.6 Å². The Morgan fingerprint density at radius 3 is 2.58 bits per heavy atom. The Labute approximate surface area is 117 Å². The van der Waals surface area contributed by atoms with Crippen molar-refractivity contribution >= 4 is 5.91 Å². The lowest BCUT2D eigenvalue weighted by Crippen LogP contribution is -2.42. The molecule has 1 aliphatic carbocycles. The van der Waals surface area contributed by atoms with Gasteiger partial charge in [-0.25, -0.2) is 0 Å². The van der Waals surface area contributed by atoms with Crippen LogP contribution in [0.25, 0.3) is 0 Å². The van der Waals surface area contributed by atoms with E-state index in [1.807, 2.05) is 11.9 Å². The summed E-state index contributed by atoms with van der Waals surface area (Å²) in [5.41, 5.74) is 5.99. The highest BCUT2D eigenvalue weighted by atomic mass is 16.2. The summed E-state index contributed by atoms with van der Waals surface area (Å²) in [6.07, 6.45) is 6.56. The smallest absolute Gasteiger partial charge is 0.225 e. The molecular weight excluding hydrogens is 238 g/mol. The first-order chi connectivity index (χ1) is 9.06. The summed E-state index contributed by atoms with van der Waals surface area (Å²) >= 11 is 0. The molecule has 2 atom stereocenters. The van der Waals surface area contributed by atoms with Gasteiger partial charge >= 0.3 is 0 Å². The Bertz CT molecular complexity index is 300. The maximum atomic E-state index is 12.4. The van der Waals surface area contributed by atoms with E-state index in [1.54, 1.807) is 0 Å². The van der Waals surface area contributed by atoms with Gasteiger partial charge in [0.2, 0.25) is 5.91 Å². The van der Waals surface area contributed by atoms with Crippen LogP contribution >= 0.6 is 0 Å². The minimum atomic E-state index is 0.181. The van der Waals surface area contributed by atoms with Gasteiger partial charge in [-0.1, -0.05) is 6.42 Å². The Balaban J connectivity index is 1.78. The van der Waals surface area contributed by atoms with Crippen LogP contribution in [0.5, 0.6) is 0 Å². The summed E-state index contributed by atoms with van der Waals surface area (Å²) in [6.45, 7) is 3.26. The highest BCUT2D eigenvalue weighted by molar-refractivity contribution is 5.78. The van der Waals surface area contributed by atoms with Crippen molar-refractivity contribution in [1.82, 2.24) is 9.80 Å². The average Bonchev–Trinajstić information content (AvgIpc) is 2.40. The standard InChI is InChI=1S/C15H29N3O/c1-17-8-6-12(7-9-17)11-18(2)15(19)13-4-3-5-14(16)10-13/h12-14H,3-11,16H2,1-2H3. The molecule has 1 heterocycles. The summed E-state index contributed by atoms with van der Waals surface area (Å²) in [5, 5.41) is 0. The van der Waals surface area contributed by atoms with Gasteiger partial charge in [-0.15, -0.1) is 0 Å². The zero-order valence-corrected chi connectivity index (χ0v) is 12.5. The molecule has 0 spiro atoms. The van der Waals surface area contributed by atoms with Crippen LogP contribution in [0.2, 0.25) is 0 Å². The van der Waals surface area contributed by atoms with E-state index in [4.69, 9.17) is 5.73 Å². The van der Waals surface area contributed by atoms with Crippen LogP contribution in [-0.2, 0) is 4.79 Å². The molecule has 0 bridgehead atoms. The van der Waals surface area contributed by atoms with Gasteiger partial charge in [-0.2, -0.15) is 0 Å². The third-order valence-electron chi connectivity index (χ3n) is 4.81. The van der Waals surface area contributed by atoms with Crippen LogP contribution in [-0.4, -0.2) is 55.5 Å². The number of nitrogens with zero attached hydrogens (tertiary/aromatic N) is 2. The molecular formula is C15H29N3O. The number of rotatable bonds is 3. The molecule has 1 saturated carbocycles. The predicted molar refractivity (Wildman–Crippen MR) is 77.8 cm³/mol. The van der Waals surface area contributed by atoms with E-state index >= 15 is 0 Å². The minimum absolute atomic E-state index is 0.181.